The lowest BCUT2D eigenvalue weighted by atomic mass is 9.81. The Morgan fingerprint density at radius 1 is 0.381 bits per heavy atom. The molecule has 0 heterocycles. The molecule has 5 aromatic rings. The fourth-order valence-corrected chi connectivity index (χ4v) is 6.30. The zero-order valence-corrected chi connectivity index (χ0v) is 27.6. The summed E-state index contributed by atoms with van der Waals surface area (Å²) < 4.78 is 0. The smallest absolute Gasteiger partial charge is 0.119 e. The standard InChI is InChI=1S/C14H22O2.2C12H11P/c1-13(2,3)9-7-12(16)10(8-11(9)15)14(4,5)6;2*1-3-7-11(8-4-1)13-12-9-5-2-6-10-12/h7-8,15-16H,1-6H3;2*1-10,13H. The molecule has 0 aliphatic rings. The number of rotatable bonds is 4. The average Bonchev–Trinajstić information content (AvgIpc) is 2.96. The van der Waals surface area contributed by atoms with E-state index in [4.69, 9.17) is 0 Å². The maximum atomic E-state index is 10.0. The third kappa shape index (κ3) is 11.1. The molecule has 0 unspecified atom stereocenters. The van der Waals surface area contributed by atoms with Gasteiger partial charge in [0.1, 0.15) is 11.5 Å². The van der Waals surface area contributed by atoms with Gasteiger partial charge in [-0.25, -0.2) is 0 Å². The molecule has 0 saturated heterocycles. The number of aromatic hydroxyl groups is 2. The highest BCUT2D eigenvalue weighted by Crippen LogP contribution is 2.39. The highest BCUT2D eigenvalue weighted by Gasteiger charge is 2.24. The molecule has 42 heavy (non-hydrogen) atoms. The molecule has 0 aliphatic carbocycles. The van der Waals surface area contributed by atoms with Gasteiger partial charge in [0.15, 0.2) is 0 Å². The summed E-state index contributed by atoms with van der Waals surface area (Å²) in [4.78, 5) is 0. The molecule has 2 N–H and O–H groups in total. The van der Waals surface area contributed by atoms with Crippen LogP contribution >= 0.6 is 17.2 Å². The van der Waals surface area contributed by atoms with Crippen molar-refractivity contribution in [3.8, 4) is 11.5 Å². The van der Waals surface area contributed by atoms with Crippen molar-refractivity contribution < 1.29 is 10.2 Å². The zero-order valence-electron chi connectivity index (χ0n) is 25.6. The Balaban J connectivity index is 0.000000174. The quantitative estimate of drug-likeness (QED) is 0.162. The topological polar surface area (TPSA) is 40.5 Å². The van der Waals surface area contributed by atoms with Crippen LogP contribution in [0.1, 0.15) is 52.7 Å². The molecule has 0 fully saturated rings. The lowest BCUT2D eigenvalue weighted by Crippen LogP contribution is -2.15. The fourth-order valence-electron chi connectivity index (χ4n) is 4.20. The van der Waals surface area contributed by atoms with Gasteiger partial charge in [-0.15, -0.1) is 0 Å². The van der Waals surface area contributed by atoms with Gasteiger partial charge in [0, 0.05) is 11.1 Å². The van der Waals surface area contributed by atoms with E-state index < -0.39 is 0 Å². The van der Waals surface area contributed by atoms with Crippen molar-refractivity contribution in [3.63, 3.8) is 0 Å². The second-order valence-corrected chi connectivity index (χ2v) is 14.9. The van der Waals surface area contributed by atoms with Crippen LogP contribution in [-0.2, 0) is 10.8 Å². The summed E-state index contributed by atoms with van der Waals surface area (Å²) >= 11 is 0. The van der Waals surface area contributed by atoms with Crippen molar-refractivity contribution in [1.82, 2.24) is 0 Å². The third-order valence-corrected chi connectivity index (χ3v) is 8.89. The first-order valence-corrected chi connectivity index (χ1v) is 16.2. The molecule has 0 aromatic heterocycles. The maximum absolute atomic E-state index is 10.0. The fraction of sp³-hybridized carbons (Fsp3) is 0.211. The summed E-state index contributed by atoms with van der Waals surface area (Å²) in [5.41, 5.74) is 1.21. The van der Waals surface area contributed by atoms with E-state index in [9.17, 15) is 10.2 Å². The number of hydrogen-bond donors (Lipinski definition) is 2. The molecular formula is C38H44O2P2. The van der Waals surface area contributed by atoms with E-state index in [-0.39, 0.29) is 22.3 Å². The van der Waals surface area contributed by atoms with E-state index in [0.717, 1.165) is 28.3 Å². The summed E-state index contributed by atoms with van der Waals surface area (Å²) in [7, 11) is 1.55. The van der Waals surface area contributed by atoms with Crippen LogP contribution in [0.2, 0.25) is 0 Å². The molecule has 5 rings (SSSR count). The Kier molecular flexibility index (Phi) is 12.4. The Hall–Kier alpha value is -3.44. The van der Waals surface area contributed by atoms with E-state index in [0.29, 0.717) is 0 Å². The molecule has 0 aliphatic heterocycles. The third-order valence-electron chi connectivity index (χ3n) is 6.40. The molecule has 4 heteroatoms. The van der Waals surface area contributed by atoms with Crippen LogP contribution in [0, 0.1) is 0 Å². The second-order valence-electron chi connectivity index (χ2n) is 12.1. The first-order chi connectivity index (χ1) is 19.9. The van der Waals surface area contributed by atoms with Gasteiger partial charge in [-0.1, -0.05) is 180 Å². The van der Waals surface area contributed by atoms with Crippen LogP contribution in [-0.4, -0.2) is 10.2 Å². The van der Waals surface area contributed by atoms with E-state index in [1.807, 2.05) is 41.5 Å². The van der Waals surface area contributed by atoms with Crippen molar-refractivity contribution in [2.75, 3.05) is 0 Å². The summed E-state index contributed by atoms with van der Waals surface area (Å²) in [6, 6.07) is 45.7. The van der Waals surface area contributed by atoms with Gasteiger partial charge in [-0.3, -0.25) is 0 Å². The predicted molar refractivity (Wildman–Crippen MR) is 188 cm³/mol. The van der Waals surface area contributed by atoms with Gasteiger partial charge in [0.05, 0.1) is 0 Å². The minimum Gasteiger partial charge on any atom is -0.508 e. The van der Waals surface area contributed by atoms with Gasteiger partial charge in [0.25, 0.3) is 0 Å². The van der Waals surface area contributed by atoms with E-state index in [2.05, 4.69) is 121 Å². The lowest BCUT2D eigenvalue weighted by molar-refractivity contribution is 0.419. The Morgan fingerprint density at radius 3 is 0.786 bits per heavy atom. The number of phenolic OH excluding ortho intramolecular Hbond substituents is 2. The zero-order chi connectivity index (χ0) is 30.6. The molecule has 0 amide bonds. The SMILES string of the molecule is CC(C)(C)c1cc(O)c(C(C)(C)C)cc1O.c1ccc(Pc2ccccc2)cc1.c1ccc(Pc2ccccc2)cc1. The maximum Gasteiger partial charge on any atom is 0.119 e. The van der Waals surface area contributed by atoms with Gasteiger partial charge in [-0.2, -0.15) is 0 Å². The van der Waals surface area contributed by atoms with E-state index in [1.54, 1.807) is 12.1 Å². The molecule has 218 valence electrons. The summed E-state index contributed by atoms with van der Waals surface area (Å²) in [6.07, 6.45) is 0. The van der Waals surface area contributed by atoms with Crippen LogP contribution in [0.5, 0.6) is 11.5 Å². The molecule has 0 saturated carbocycles. The minimum absolute atomic E-state index is 0.169. The first-order valence-electron chi connectivity index (χ1n) is 14.2. The molecule has 2 nitrogen and oxygen atoms in total. The summed E-state index contributed by atoms with van der Waals surface area (Å²) in [6.45, 7) is 12.1. The monoisotopic (exact) mass is 594 g/mol. The largest absolute Gasteiger partial charge is 0.508 e. The summed E-state index contributed by atoms with van der Waals surface area (Å²) in [5.74, 6) is 0.519. The molecular weight excluding hydrogens is 550 g/mol. The number of benzene rings is 5. The number of hydrogen-bond acceptors (Lipinski definition) is 2. The highest BCUT2D eigenvalue weighted by molar-refractivity contribution is 7.55. The van der Waals surface area contributed by atoms with Gasteiger partial charge in [0.2, 0.25) is 0 Å². The van der Waals surface area contributed by atoms with Crippen molar-refractivity contribution >= 4 is 38.4 Å². The average molecular weight is 595 g/mol. The predicted octanol–water partition coefficient (Wildman–Crippen LogP) is 8.32. The molecule has 0 spiro atoms. The van der Waals surface area contributed by atoms with Crippen LogP contribution < -0.4 is 21.2 Å². The molecule has 0 bridgehead atoms. The first kappa shape index (κ1) is 33.1. The highest BCUT2D eigenvalue weighted by atomic mass is 31.1. The Morgan fingerprint density at radius 2 is 0.595 bits per heavy atom. The van der Waals surface area contributed by atoms with Crippen molar-refractivity contribution in [1.29, 1.82) is 0 Å². The van der Waals surface area contributed by atoms with Gasteiger partial charge in [-0.05, 0) is 44.2 Å². The van der Waals surface area contributed by atoms with E-state index >= 15 is 0 Å². The minimum atomic E-state index is -0.169. The summed E-state index contributed by atoms with van der Waals surface area (Å²) in [5, 5.41) is 25.6. The Labute approximate surface area is 256 Å². The molecule has 0 atom stereocenters. The second kappa shape index (κ2) is 15.7. The Bertz CT molecular complexity index is 1280. The van der Waals surface area contributed by atoms with Gasteiger partial charge < -0.3 is 10.2 Å². The van der Waals surface area contributed by atoms with Crippen molar-refractivity contribution in [2.45, 2.75) is 52.4 Å². The van der Waals surface area contributed by atoms with Crippen LogP contribution in [0.4, 0.5) is 0 Å². The molecule has 0 radical (unpaired) electrons. The van der Waals surface area contributed by atoms with Crippen LogP contribution in [0.15, 0.2) is 133 Å². The van der Waals surface area contributed by atoms with Crippen molar-refractivity contribution in [2.24, 2.45) is 0 Å². The van der Waals surface area contributed by atoms with Gasteiger partial charge >= 0.3 is 0 Å². The van der Waals surface area contributed by atoms with E-state index in [1.165, 1.54) is 21.2 Å². The van der Waals surface area contributed by atoms with Crippen LogP contribution in [0.3, 0.4) is 0 Å². The van der Waals surface area contributed by atoms with Crippen LogP contribution in [0.25, 0.3) is 0 Å². The normalized spacial score (nSPS) is 11.0. The molecule has 5 aromatic carbocycles. The lowest BCUT2D eigenvalue weighted by Gasteiger charge is -2.25. The number of phenols is 2. The van der Waals surface area contributed by atoms with Crippen molar-refractivity contribution in [3.05, 3.63) is 145 Å².